The maximum atomic E-state index is 14.1. The van der Waals surface area contributed by atoms with Crippen LogP contribution in [0.1, 0.15) is 5.56 Å². The molecule has 22 heavy (non-hydrogen) atoms. The van der Waals surface area contributed by atoms with Crippen molar-refractivity contribution in [3.05, 3.63) is 65.7 Å². The maximum absolute atomic E-state index is 14.1. The van der Waals surface area contributed by atoms with Crippen LogP contribution in [0.25, 0.3) is 0 Å². The minimum absolute atomic E-state index is 0.0322. The van der Waals surface area contributed by atoms with Gasteiger partial charge in [-0.25, -0.2) is 8.78 Å². The van der Waals surface area contributed by atoms with Crippen molar-refractivity contribution in [1.82, 2.24) is 0 Å². The zero-order valence-corrected chi connectivity index (χ0v) is 11.9. The number of hydrogen-bond acceptors (Lipinski definition) is 4. The van der Waals surface area contributed by atoms with E-state index in [9.17, 15) is 19.0 Å². The molecule has 0 aliphatic rings. The summed E-state index contributed by atoms with van der Waals surface area (Å²) < 4.78 is 27.6. The van der Waals surface area contributed by atoms with Gasteiger partial charge < -0.3 is 20.8 Å². The van der Waals surface area contributed by atoms with Crippen LogP contribution in [-0.2, 0) is 5.72 Å². The van der Waals surface area contributed by atoms with Crippen molar-refractivity contribution >= 4 is 5.69 Å². The average Bonchev–Trinajstić information content (AvgIpc) is 2.52. The number of hydrogen-bond donors (Lipinski definition) is 3. The van der Waals surface area contributed by atoms with E-state index < -0.39 is 17.4 Å². The van der Waals surface area contributed by atoms with E-state index in [1.54, 1.807) is 12.1 Å². The number of nitrogens with two attached hydrogens (primary N) is 1. The second-order valence-corrected chi connectivity index (χ2v) is 4.86. The summed E-state index contributed by atoms with van der Waals surface area (Å²) in [5.41, 5.74) is 4.04. The summed E-state index contributed by atoms with van der Waals surface area (Å²) in [6.45, 7) is -0.677. The van der Waals surface area contributed by atoms with Gasteiger partial charge in [-0.1, -0.05) is 24.3 Å². The molecule has 0 aliphatic heterocycles. The van der Waals surface area contributed by atoms with Gasteiger partial charge in [0.05, 0.1) is 6.61 Å². The lowest BCUT2D eigenvalue weighted by molar-refractivity contribution is 0.0345. The molecule has 0 spiro atoms. The third kappa shape index (κ3) is 3.09. The minimum Gasteiger partial charge on any atom is -0.395 e. The number of halogens is 2. The number of aliphatic hydroxyl groups excluding tert-OH is 1. The van der Waals surface area contributed by atoms with Gasteiger partial charge in [0.25, 0.3) is 0 Å². The molecule has 2 aromatic rings. The van der Waals surface area contributed by atoms with Gasteiger partial charge in [0, 0.05) is 24.3 Å². The summed E-state index contributed by atoms with van der Waals surface area (Å²) in [4.78, 5) is 1.29. The highest BCUT2D eigenvalue weighted by atomic mass is 19.1. The van der Waals surface area contributed by atoms with Crippen LogP contribution in [0.15, 0.2) is 48.5 Å². The van der Waals surface area contributed by atoms with Crippen molar-refractivity contribution < 1.29 is 19.0 Å². The monoisotopic (exact) mass is 308 g/mol. The molecule has 0 fully saturated rings. The van der Waals surface area contributed by atoms with Crippen molar-refractivity contribution in [3.8, 4) is 0 Å². The topological polar surface area (TPSA) is 69.7 Å². The molecule has 118 valence electrons. The van der Waals surface area contributed by atoms with Crippen LogP contribution in [0.5, 0.6) is 0 Å². The van der Waals surface area contributed by atoms with Crippen LogP contribution >= 0.6 is 0 Å². The van der Waals surface area contributed by atoms with E-state index in [1.807, 2.05) is 0 Å². The Kier molecular flexibility index (Phi) is 5.07. The molecule has 1 atom stereocenters. The second-order valence-electron chi connectivity index (χ2n) is 4.86. The first-order chi connectivity index (χ1) is 10.5. The first-order valence-corrected chi connectivity index (χ1v) is 6.84. The summed E-state index contributed by atoms with van der Waals surface area (Å²) in [7, 11) is 0. The quantitative estimate of drug-likeness (QED) is 0.709. The molecular weight excluding hydrogens is 290 g/mol. The van der Waals surface area contributed by atoms with Gasteiger partial charge in [0.1, 0.15) is 11.6 Å². The molecule has 0 saturated heterocycles. The molecule has 0 bridgehead atoms. The first-order valence-electron chi connectivity index (χ1n) is 6.84. The van der Waals surface area contributed by atoms with Crippen LogP contribution in [-0.4, -0.2) is 29.9 Å². The lowest BCUT2D eigenvalue weighted by atomic mass is 9.99. The van der Waals surface area contributed by atoms with Gasteiger partial charge in [-0.2, -0.15) is 0 Å². The molecule has 4 nitrogen and oxygen atoms in total. The highest BCUT2D eigenvalue weighted by Crippen LogP contribution is 2.32. The summed E-state index contributed by atoms with van der Waals surface area (Å²) in [5, 5.41) is 20.2. The molecule has 2 rings (SSSR count). The molecule has 0 radical (unpaired) electrons. The highest BCUT2D eigenvalue weighted by molar-refractivity contribution is 5.51. The molecule has 6 heteroatoms. The lowest BCUT2D eigenvalue weighted by Gasteiger charge is -2.40. The summed E-state index contributed by atoms with van der Waals surface area (Å²) in [6, 6.07) is 11.1. The fourth-order valence-electron chi connectivity index (χ4n) is 2.42. The molecule has 4 N–H and O–H groups in total. The minimum atomic E-state index is -1.90. The standard InChI is InChI=1S/C16H18F2N2O2/c17-12-4-3-5-13(10-12)20(8-9-21)16(22,11-19)14-6-1-2-7-15(14)18/h1-7,10,21-22H,8-9,11,19H2. The van der Waals surface area contributed by atoms with Crippen molar-refractivity contribution in [2.24, 2.45) is 5.73 Å². The van der Waals surface area contributed by atoms with Gasteiger partial charge in [-0.15, -0.1) is 0 Å². The second kappa shape index (κ2) is 6.83. The Bertz CT molecular complexity index is 639. The van der Waals surface area contributed by atoms with Crippen molar-refractivity contribution in [2.45, 2.75) is 5.72 Å². The zero-order chi connectivity index (χ0) is 16.2. The van der Waals surface area contributed by atoms with E-state index in [2.05, 4.69) is 0 Å². The molecular formula is C16H18F2N2O2. The third-order valence-electron chi connectivity index (χ3n) is 3.48. The summed E-state index contributed by atoms with van der Waals surface area (Å²) in [6.07, 6.45) is 0. The molecule has 1 unspecified atom stereocenters. The average molecular weight is 308 g/mol. The summed E-state index contributed by atoms with van der Waals surface area (Å²) in [5.74, 6) is -1.14. The predicted octanol–water partition coefficient (Wildman–Crippen LogP) is 1.57. The zero-order valence-electron chi connectivity index (χ0n) is 11.9. The Balaban J connectivity index is 2.55. The van der Waals surface area contributed by atoms with Crippen LogP contribution in [0.4, 0.5) is 14.5 Å². The number of benzene rings is 2. The Morgan fingerprint density at radius 3 is 2.41 bits per heavy atom. The van der Waals surface area contributed by atoms with E-state index in [1.165, 1.54) is 41.3 Å². The lowest BCUT2D eigenvalue weighted by Crippen LogP contribution is -2.53. The molecule has 0 aliphatic carbocycles. The van der Waals surface area contributed by atoms with Gasteiger partial charge >= 0.3 is 0 Å². The SMILES string of the molecule is NCC(O)(c1ccccc1F)N(CCO)c1cccc(F)c1. The molecule has 0 saturated carbocycles. The van der Waals surface area contributed by atoms with E-state index in [0.717, 1.165) is 0 Å². The number of aliphatic hydroxyl groups is 2. The molecule has 0 aromatic heterocycles. The maximum Gasteiger partial charge on any atom is 0.179 e. The van der Waals surface area contributed by atoms with Gasteiger partial charge in [0.15, 0.2) is 5.72 Å². The molecule has 0 amide bonds. The smallest absolute Gasteiger partial charge is 0.179 e. The van der Waals surface area contributed by atoms with E-state index >= 15 is 0 Å². The third-order valence-corrected chi connectivity index (χ3v) is 3.48. The van der Waals surface area contributed by atoms with Crippen molar-refractivity contribution in [2.75, 3.05) is 24.6 Å². The van der Waals surface area contributed by atoms with Crippen LogP contribution in [0.3, 0.4) is 0 Å². The van der Waals surface area contributed by atoms with Gasteiger partial charge in [-0.05, 0) is 24.3 Å². The van der Waals surface area contributed by atoms with Gasteiger partial charge in [0.2, 0.25) is 0 Å². The van der Waals surface area contributed by atoms with E-state index in [-0.39, 0.29) is 25.3 Å². The predicted molar refractivity (Wildman–Crippen MR) is 80.2 cm³/mol. The van der Waals surface area contributed by atoms with Crippen LogP contribution in [0, 0.1) is 11.6 Å². The Labute approximate surface area is 127 Å². The highest BCUT2D eigenvalue weighted by Gasteiger charge is 2.37. The van der Waals surface area contributed by atoms with Crippen molar-refractivity contribution in [1.29, 1.82) is 0 Å². The van der Waals surface area contributed by atoms with Crippen LogP contribution in [0.2, 0.25) is 0 Å². The normalized spacial score (nSPS) is 13.7. The largest absolute Gasteiger partial charge is 0.395 e. The Morgan fingerprint density at radius 2 is 1.82 bits per heavy atom. The van der Waals surface area contributed by atoms with Crippen LogP contribution < -0.4 is 10.6 Å². The first kappa shape index (κ1) is 16.4. The molecule has 2 aromatic carbocycles. The molecule has 0 heterocycles. The Morgan fingerprint density at radius 1 is 1.09 bits per heavy atom. The summed E-state index contributed by atoms with van der Waals surface area (Å²) >= 11 is 0. The van der Waals surface area contributed by atoms with Gasteiger partial charge in [-0.3, -0.25) is 0 Å². The van der Waals surface area contributed by atoms with E-state index in [0.29, 0.717) is 5.69 Å². The fraction of sp³-hybridized carbons (Fsp3) is 0.250. The van der Waals surface area contributed by atoms with E-state index in [4.69, 9.17) is 5.73 Å². The van der Waals surface area contributed by atoms with Crippen molar-refractivity contribution in [3.63, 3.8) is 0 Å². The Hall–Kier alpha value is -2.02. The number of rotatable bonds is 6. The fourth-order valence-corrected chi connectivity index (χ4v) is 2.42. The number of anilines is 1. The number of nitrogens with zero attached hydrogens (tertiary/aromatic N) is 1.